The van der Waals surface area contributed by atoms with Crippen LogP contribution < -0.4 is 5.32 Å². The molecule has 0 spiro atoms. The molecule has 0 amide bonds. The minimum atomic E-state index is -2.17. The van der Waals surface area contributed by atoms with Gasteiger partial charge in [0.15, 0.2) is 33.0 Å². The fraction of sp³-hybridized carbons (Fsp3) is 0.625. The Hall–Kier alpha value is -1.23. The number of ether oxygens (including phenoxy) is 2. The van der Waals surface area contributed by atoms with Crippen molar-refractivity contribution in [3.8, 4) is 0 Å². The maximum atomic E-state index is 13.5. The van der Waals surface area contributed by atoms with E-state index in [0.29, 0.717) is 12.5 Å². The molecule has 0 atom stereocenters. The van der Waals surface area contributed by atoms with E-state index in [4.69, 9.17) is 13.9 Å². The van der Waals surface area contributed by atoms with Crippen LogP contribution in [0, 0.1) is 29.1 Å². The van der Waals surface area contributed by atoms with Crippen molar-refractivity contribution in [2.24, 2.45) is 0 Å². The first kappa shape index (κ1) is 22.8. The maximum absolute atomic E-state index is 13.5. The monoisotopic (exact) mass is 401 g/mol. The molecule has 0 unspecified atom stereocenters. The van der Waals surface area contributed by atoms with E-state index in [1.54, 1.807) is 0 Å². The Bertz CT molecular complexity index is 550. The molecule has 4 nitrogen and oxygen atoms in total. The summed E-state index contributed by atoms with van der Waals surface area (Å²) in [6.07, 6.45) is 0.272. The minimum Gasteiger partial charge on any atom is -0.380 e. The van der Waals surface area contributed by atoms with E-state index in [2.05, 4.69) is 5.32 Å². The highest BCUT2D eigenvalue weighted by Gasteiger charge is 2.25. The number of rotatable bonds is 11. The molecule has 26 heavy (non-hydrogen) atoms. The average molecular weight is 401 g/mol. The molecule has 0 aliphatic rings. The molecule has 0 aromatic heterocycles. The van der Waals surface area contributed by atoms with Gasteiger partial charge in [-0.3, -0.25) is 0 Å². The van der Waals surface area contributed by atoms with Crippen LogP contribution >= 0.6 is 0 Å². The van der Waals surface area contributed by atoms with Crippen molar-refractivity contribution in [2.45, 2.75) is 58.8 Å². The predicted octanol–water partition coefficient (Wildman–Crippen LogP) is 3.84. The summed E-state index contributed by atoms with van der Waals surface area (Å²) in [5, 5.41) is 2.25. The summed E-state index contributed by atoms with van der Waals surface area (Å²) >= 11 is 0. The van der Waals surface area contributed by atoms with E-state index < -0.39 is 51.0 Å². The molecule has 0 aliphatic heterocycles. The molecule has 10 heteroatoms. The Morgan fingerprint density at radius 3 is 1.73 bits per heavy atom. The van der Waals surface area contributed by atoms with Gasteiger partial charge in [-0.15, -0.1) is 0 Å². The van der Waals surface area contributed by atoms with Crippen molar-refractivity contribution < 1.29 is 35.9 Å². The zero-order chi connectivity index (χ0) is 19.9. The minimum absolute atomic E-state index is 0.0372. The number of hydrogen-bond acceptors (Lipinski definition) is 4. The summed E-state index contributed by atoms with van der Waals surface area (Å²) < 4.78 is 82.6. The lowest BCUT2D eigenvalue weighted by Crippen LogP contribution is -2.28. The highest BCUT2D eigenvalue weighted by atomic mass is 28.2. The fourth-order valence-electron chi connectivity index (χ4n) is 1.94. The third-order valence-corrected chi connectivity index (χ3v) is 4.40. The van der Waals surface area contributed by atoms with Crippen molar-refractivity contribution in [1.29, 1.82) is 0 Å². The number of nitrogens with one attached hydrogen (secondary N) is 1. The van der Waals surface area contributed by atoms with Crippen LogP contribution in [0.5, 0.6) is 0 Å². The van der Waals surface area contributed by atoms with E-state index >= 15 is 0 Å². The SMILES string of the molecule is CC(C)OC(O[SiH2]CCCNc1c(F)c(F)c(F)c(F)c1F)OC(C)C. The summed E-state index contributed by atoms with van der Waals surface area (Å²) in [4.78, 5) is 0. The van der Waals surface area contributed by atoms with E-state index in [1.807, 2.05) is 27.7 Å². The molecule has 0 bridgehead atoms. The summed E-state index contributed by atoms with van der Waals surface area (Å²) in [5.74, 6) is -9.85. The standard InChI is InChI=1S/C16H24F5NO3Si/c1-8(2)23-16(24-9(3)4)25-26-7-5-6-22-15-13(20)11(18)10(17)12(19)14(15)21/h8-9,16,22H,5-7,26H2,1-4H3. The maximum Gasteiger partial charge on any atom is 0.262 e. The van der Waals surface area contributed by atoms with Gasteiger partial charge >= 0.3 is 0 Å². The van der Waals surface area contributed by atoms with Gasteiger partial charge in [0, 0.05) is 6.54 Å². The van der Waals surface area contributed by atoms with Gasteiger partial charge in [0.2, 0.25) is 5.82 Å². The zero-order valence-corrected chi connectivity index (χ0v) is 16.6. The quantitative estimate of drug-likeness (QED) is 0.153. The van der Waals surface area contributed by atoms with Gasteiger partial charge in [0.05, 0.1) is 12.2 Å². The first-order valence-electron chi connectivity index (χ1n) is 8.33. The molecule has 0 saturated carbocycles. The van der Waals surface area contributed by atoms with Gasteiger partial charge in [-0.2, -0.15) is 0 Å². The smallest absolute Gasteiger partial charge is 0.262 e. The Morgan fingerprint density at radius 1 is 0.808 bits per heavy atom. The van der Waals surface area contributed by atoms with Crippen molar-refractivity contribution in [2.75, 3.05) is 11.9 Å². The summed E-state index contributed by atoms with van der Waals surface area (Å²) in [5.41, 5.74) is -1.02. The van der Waals surface area contributed by atoms with Gasteiger partial charge < -0.3 is 19.2 Å². The summed E-state index contributed by atoms with van der Waals surface area (Å²) in [6.45, 7) is 6.64. The Balaban J connectivity index is 2.43. The lowest BCUT2D eigenvalue weighted by Gasteiger charge is -2.23. The summed E-state index contributed by atoms with van der Waals surface area (Å²) in [6, 6.07) is 0.599. The second kappa shape index (κ2) is 10.8. The van der Waals surface area contributed by atoms with Crippen molar-refractivity contribution in [1.82, 2.24) is 0 Å². The van der Waals surface area contributed by atoms with Crippen molar-refractivity contribution in [3.63, 3.8) is 0 Å². The predicted molar refractivity (Wildman–Crippen MR) is 90.0 cm³/mol. The molecular formula is C16H24F5NO3Si. The summed E-state index contributed by atoms with van der Waals surface area (Å²) in [7, 11) is -1.05. The first-order chi connectivity index (χ1) is 12.1. The topological polar surface area (TPSA) is 39.7 Å². The Kier molecular flexibility index (Phi) is 9.48. The van der Waals surface area contributed by atoms with Crippen LogP contribution in [-0.2, 0) is 13.9 Å². The van der Waals surface area contributed by atoms with Gasteiger partial charge in [-0.1, -0.05) is 0 Å². The molecule has 0 saturated heterocycles. The number of benzene rings is 1. The molecule has 1 N–H and O–H groups in total. The second-order valence-electron chi connectivity index (χ2n) is 6.11. The van der Waals surface area contributed by atoms with Gasteiger partial charge in [0.1, 0.15) is 5.69 Å². The lowest BCUT2D eigenvalue weighted by molar-refractivity contribution is -0.275. The molecule has 1 aromatic rings. The van der Waals surface area contributed by atoms with Crippen LogP contribution in [0.2, 0.25) is 6.04 Å². The fourth-order valence-corrected chi connectivity index (χ4v) is 2.91. The van der Waals surface area contributed by atoms with E-state index in [1.165, 1.54) is 0 Å². The molecular weight excluding hydrogens is 377 g/mol. The largest absolute Gasteiger partial charge is 0.380 e. The van der Waals surface area contributed by atoms with Crippen LogP contribution in [0.4, 0.5) is 27.6 Å². The van der Waals surface area contributed by atoms with E-state index in [0.717, 1.165) is 0 Å². The number of anilines is 1. The van der Waals surface area contributed by atoms with Crippen LogP contribution in [0.3, 0.4) is 0 Å². The highest BCUT2D eigenvalue weighted by Crippen LogP contribution is 2.27. The van der Waals surface area contributed by atoms with E-state index in [-0.39, 0.29) is 18.8 Å². The average Bonchev–Trinajstić information content (AvgIpc) is 2.55. The third-order valence-electron chi connectivity index (χ3n) is 3.10. The number of halogens is 5. The Labute approximate surface area is 151 Å². The van der Waals surface area contributed by atoms with Crippen LogP contribution in [0.15, 0.2) is 0 Å². The molecule has 1 aromatic carbocycles. The second-order valence-corrected chi connectivity index (χ2v) is 7.56. The molecule has 1 rings (SSSR count). The Morgan fingerprint density at radius 2 is 1.27 bits per heavy atom. The molecule has 0 radical (unpaired) electrons. The van der Waals surface area contributed by atoms with Crippen LogP contribution in [0.25, 0.3) is 0 Å². The molecule has 150 valence electrons. The van der Waals surface area contributed by atoms with Crippen LogP contribution in [0.1, 0.15) is 34.1 Å². The van der Waals surface area contributed by atoms with Crippen molar-refractivity contribution >= 4 is 15.5 Å². The third kappa shape index (κ3) is 6.82. The van der Waals surface area contributed by atoms with Gasteiger partial charge in [-0.05, 0) is 40.2 Å². The number of hydrogen-bond donors (Lipinski definition) is 1. The van der Waals surface area contributed by atoms with Gasteiger partial charge in [0.25, 0.3) is 6.48 Å². The molecule has 0 aliphatic carbocycles. The van der Waals surface area contributed by atoms with Crippen molar-refractivity contribution in [3.05, 3.63) is 29.1 Å². The normalized spacial score (nSPS) is 12.3. The van der Waals surface area contributed by atoms with E-state index in [9.17, 15) is 22.0 Å². The first-order valence-corrected chi connectivity index (χ1v) is 9.90. The molecule has 0 fully saturated rings. The zero-order valence-electron chi connectivity index (χ0n) is 15.2. The lowest BCUT2D eigenvalue weighted by atomic mass is 10.2. The molecule has 0 heterocycles. The van der Waals surface area contributed by atoms with Crippen LogP contribution in [-0.4, -0.2) is 35.0 Å². The highest BCUT2D eigenvalue weighted by molar-refractivity contribution is 6.27. The van der Waals surface area contributed by atoms with Gasteiger partial charge in [-0.25, -0.2) is 22.0 Å².